The summed E-state index contributed by atoms with van der Waals surface area (Å²) in [4.78, 5) is 4.45. The molecule has 0 atom stereocenters. The van der Waals surface area contributed by atoms with E-state index in [2.05, 4.69) is 43.2 Å². The molecule has 0 unspecified atom stereocenters. The van der Waals surface area contributed by atoms with E-state index in [1.807, 2.05) is 12.1 Å². The standard InChI is InChI=1S/C14H18N2O/c1-10(2)15-8-13-9-17-14(16-13)12-6-4-11(3)5-7-12/h4-7,9-10,15H,8H2,1-3H3. The number of hydrogen-bond donors (Lipinski definition) is 1. The van der Waals surface area contributed by atoms with Crippen LogP contribution in [0, 0.1) is 6.92 Å². The van der Waals surface area contributed by atoms with E-state index in [0.717, 1.165) is 17.8 Å². The fourth-order valence-electron chi connectivity index (χ4n) is 1.53. The van der Waals surface area contributed by atoms with Crippen molar-refractivity contribution in [2.75, 3.05) is 0 Å². The van der Waals surface area contributed by atoms with Gasteiger partial charge < -0.3 is 9.73 Å². The Kier molecular flexibility index (Phi) is 3.59. The van der Waals surface area contributed by atoms with Crippen LogP contribution in [-0.2, 0) is 6.54 Å². The van der Waals surface area contributed by atoms with Crippen LogP contribution >= 0.6 is 0 Å². The van der Waals surface area contributed by atoms with E-state index in [9.17, 15) is 0 Å². The van der Waals surface area contributed by atoms with Gasteiger partial charge in [0.1, 0.15) is 6.26 Å². The van der Waals surface area contributed by atoms with E-state index >= 15 is 0 Å². The number of nitrogens with zero attached hydrogens (tertiary/aromatic N) is 1. The molecule has 3 heteroatoms. The zero-order valence-corrected chi connectivity index (χ0v) is 10.5. The van der Waals surface area contributed by atoms with Gasteiger partial charge in [-0.1, -0.05) is 31.5 Å². The third kappa shape index (κ3) is 3.17. The summed E-state index contributed by atoms with van der Waals surface area (Å²) in [5.74, 6) is 0.686. The predicted octanol–water partition coefficient (Wildman–Crippen LogP) is 3.15. The fraction of sp³-hybridized carbons (Fsp3) is 0.357. The molecule has 1 heterocycles. The van der Waals surface area contributed by atoms with Crippen molar-refractivity contribution < 1.29 is 4.42 Å². The van der Waals surface area contributed by atoms with Gasteiger partial charge in [0.05, 0.1) is 5.69 Å². The summed E-state index contributed by atoms with van der Waals surface area (Å²) >= 11 is 0. The first-order chi connectivity index (χ1) is 8.15. The van der Waals surface area contributed by atoms with Gasteiger partial charge in [-0.15, -0.1) is 0 Å². The number of nitrogens with one attached hydrogen (secondary N) is 1. The van der Waals surface area contributed by atoms with Gasteiger partial charge >= 0.3 is 0 Å². The average molecular weight is 230 g/mol. The molecule has 90 valence electrons. The minimum atomic E-state index is 0.453. The maximum atomic E-state index is 5.47. The molecule has 0 saturated carbocycles. The quantitative estimate of drug-likeness (QED) is 0.876. The monoisotopic (exact) mass is 230 g/mol. The van der Waals surface area contributed by atoms with Crippen LogP contribution in [0.4, 0.5) is 0 Å². The van der Waals surface area contributed by atoms with Crippen molar-refractivity contribution >= 4 is 0 Å². The molecule has 2 aromatic rings. The normalized spacial score (nSPS) is 11.1. The number of aromatic nitrogens is 1. The van der Waals surface area contributed by atoms with Crippen molar-refractivity contribution in [1.29, 1.82) is 0 Å². The van der Waals surface area contributed by atoms with Crippen LogP contribution in [0.1, 0.15) is 25.1 Å². The molecule has 0 fully saturated rings. The Hall–Kier alpha value is -1.61. The molecular weight excluding hydrogens is 212 g/mol. The molecule has 1 aromatic carbocycles. The van der Waals surface area contributed by atoms with Gasteiger partial charge in [0.2, 0.25) is 5.89 Å². The third-order valence-electron chi connectivity index (χ3n) is 2.54. The summed E-state index contributed by atoms with van der Waals surface area (Å²) in [6.45, 7) is 7.03. The summed E-state index contributed by atoms with van der Waals surface area (Å²) in [5, 5.41) is 3.31. The first-order valence-corrected chi connectivity index (χ1v) is 5.90. The van der Waals surface area contributed by atoms with Crippen LogP contribution in [0.2, 0.25) is 0 Å². The SMILES string of the molecule is Cc1ccc(-c2nc(CNC(C)C)co2)cc1. The highest BCUT2D eigenvalue weighted by Crippen LogP contribution is 2.18. The lowest BCUT2D eigenvalue weighted by molar-refractivity contribution is 0.560. The molecule has 3 nitrogen and oxygen atoms in total. The Labute approximate surface area is 102 Å². The summed E-state index contributed by atoms with van der Waals surface area (Å²) in [7, 11) is 0. The van der Waals surface area contributed by atoms with Gasteiger partial charge in [0, 0.05) is 18.2 Å². The van der Waals surface area contributed by atoms with E-state index < -0.39 is 0 Å². The van der Waals surface area contributed by atoms with Gasteiger partial charge in [-0.05, 0) is 19.1 Å². The van der Waals surface area contributed by atoms with Crippen LogP contribution < -0.4 is 5.32 Å². The summed E-state index contributed by atoms with van der Waals surface area (Å²) in [6.07, 6.45) is 1.71. The van der Waals surface area contributed by atoms with Crippen LogP contribution in [0.3, 0.4) is 0 Å². The lowest BCUT2D eigenvalue weighted by atomic mass is 10.1. The van der Waals surface area contributed by atoms with Gasteiger partial charge in [-0.25, -0.2) is 4.98 Å². The zero-order chi connectivity index (χ0) is 12.3. The molecule has 0 spiro atoms. The lowest BCUT2D eigenvalue weighted by Gasteiger charge is -2.04. The Morgan fingerprint density at radius 3 is 2.59 bits per heavy atom. The second-order valence-corrected chi connectivity index (χ2v) is 4.55. The minimum absolute atomic E-state index is 0.453. The fourth-order valence-corrected chi connectivity index (χ4v) is 1.53. The predicted molar refractivity (Wildman–Crippen MR) is 68.7 cm³/mol. The molecule has 17 heavy (non-hydrogen) atoms. The van der Waals surface area contributed by atoms with Crippen molar-refractivity contribution in [2.45, 2.75) is 33.4 Å². The van der Waals surface area contributed by atoms with Crippen molar-refractivity contribution in [3.63, 3.8) is 0 Å². The van der Waals surface area contributed by atoms with E-state index in [1.54, 1.807) is 6.26 Å². The molecule has 0 saturated heterocycles. The molecule has 0 aliphatic rings. The molecule has 1 aromatic heterocycles. The van der Waals surface area contributed by atoms with Gasteiger partial charge in [0.25, 0.3) is 0 Å². The second kappa shape index (κ2) is 5.15. The highest BCUT2D eigenvalue weighted by atomic mass is 16.3. The van der Waals surface area contributed by atoms with Crippen LogP contribution in [-0.4, -0.2) is 11.0 Å². The maximum Gasteiger partial charge on any atom is 0.226 e. The van der Waals surface area contributed by atoms with Crippen LogP contribution in [0.5, 0.6) is 0 Å². The molecule has 0 bridgehead atoms. The Morgan fingerprint density at radius 1 is 1.24 bits per heavy atom. The largest absolute Gasteiger partial charge is 0.444 e. The van der Waals surface area contributed by atoms with Crippen molar-refractivity contribution in [3.05, 3.63) is 41.8 Å². The molecule has 0 amide bonds. The molecule has 2 rings (SSSR count). The zero-order valence-electron chi connectivity index (χ0n) is 10.5. The Bertz CT molecular complexity index is 471. The Balaban J connectivity index is 2.10. The Morgan fingerprint density at radius 2 is 1.94 bits per heavy atom. The maximum absolute atomic E-state index is 5.47. The number of benzene rings is 1. The van der Waals surface area contributed by atoms with Gasteiger partial charge in [-0.2, -0.15) is 0 Å². The molecule has 0 radical (unpaired) electrons. The number of aryl methyl sites for hydroxylation is 1. The molecule has 1 N–H and O–H groups in total. The van der Waals surface area contributed by atoms with Crippen LogP contribution in [0.25, 0.3) is 11.5 Å². The second-order valence-electron chi connectivity index (χ2n) is 4.55. The van der Waals surface area contributed by atoms with E-state index in [-0.39, 0.29) is 0 Å². The van der Waals surface area contributed by atoms with Crippen molar-refractivity contribution in [1.82, 2.24) is 10.3 Å². The minimum Gasteiger partial charge on any atom is -0.444 e. The summed E-state index contributed by atoms with van der Waals surface area (Å²) in [6, 6.07) is 8.63. The van der Waals surface area contributed by atoms with Crippen molar-refractivity contribution in [3.8, 4) is 11.5 Å². The summed E-state index contributed by atoms with van der Waals surface area (Å²) in [5.41, 5.74) is 3.20. The lowest BCUT2D eigenvalue weighted by Crippen LogP contribution is -2.21. The highest BCUT2D eigenvalue weighted by molar-refractivity contribution is 5.53. The molecule has 0 aliphatic carbocycles. The third-order valence-corrected chi connectivity index (χ3v) is 2.54. The van der Waals surface area contributed by atoms with E-state index in [4.69, 9.17) is 4.42 Å². The molecule has 0 aliphatic heterocycles. The first-order valence-electron chi connectivity index (χ1n) is 5.90. The van der Waals surface area contributed by atoms with Crippen LogP contribution in [0.15, 0.2) is 34.9 Å². The van der Waals surface area contributed by atoms with Gasteiger partial charge in [0.15, 0.2) is 0 Å². The smallest absolute Gasteiger partial charge is 0.226 e. The highest BCUT2D eigenvalue weighted by Gasteiger charge is 2.06. The van der Waals surface area contributed by atoms with E-state index in [0.29, 0.717) is 11.9 Å². The first kappa shape index (κ1) is 11.9. The average Bonchev–Trinajstić information content (AvgIpc) is 2.76. The topological polar surface area (TPSA) is 38.1 Å². The van der Waals surface area contributed by atoms with E-state index in [1.165, 1.54) is 5.56 Å². The number of rotatable bonds is 4. The number of oxazole rings is 1. The number of hydrogen-bond acceptors (Lipinski definition) is 3. The van der Waals surface area contributed by atoms with Crippen molar-refractivity contribution in [2.24, 2.45) is 0 Å². The van der Waals surface area contributed by atoms with Gasteiger partial charge in [-0.3, -0.25) is 0 Å². The molecular formula is C14H18N2O. The summed E-state index contributed by atoms with van der Waals surface area (Å²) < 4.78 is 5.47.